The number of hydrogen-bond donors (Lipinski definition) is 3. The molecule has 1 aliphatic carbocycles. The second-order valence-electron chi connectivity index (χ2n) is 5.22. The zero-order valence-corrected chi connectivity index (χ0v) is 10.7. The molecule has 0 radical (unpaired) electrons. The fourth-order valence-corrected chi connectivity index (χ4v) is 2.09. The first-order valence-corrected chi connectivity index (χ1v) is 6.70. The van der Waals surface area contributed by atoms with E-state index in [0.717, 1.165) is 30.2 Å². The van der Waals surface area contributed by atoms with Crippen molar-refractivity contribution >= 4 is 11.0 Å². The van der Waals surface area contributed by atoms with Crippen LogP contribution in [0.15, 0.2) is 24.5 Å². The van der Waals surface area contributed by atoms with Crippen LogP contribution in [0.2, 0.25) is 0 Å². The Bertz CT molecular complexity index is 515. The molecule has 0 amide bonds. The summed E-state index contributed by atoms with van der Waals surface area (Å²) in [5.74, 6) is 0. The molecule has 1 aliphatic rings. The lowest BCUT2D eigenvalue weighted by atomic mass is 10.2. The maximum absolute atomic E-state index is 4.22. The first kappa shape index (κ1) is 11.7. The van der Waals surface area contributed by atoms with Crippen LogP contribution in [0, 0.1) is 0 Å². The van der Waals surface area contributed by atoms with Gasteiger partial charge in [-0.3, -0.25) is 0 Å². The Hall–Kier alpha value is -1.39. The van der Waals surface area contributed by atoms with Gasteiger partial charge in [-0.05, 0) is 37.5 Å². The van der Waals surface area contributed by atoms with Crippen LogP contribution in [0.3, 0.4) is 0 Å². The minimum Gasteiger partial charge on any atom is -0.345 e. The van der Waals surface area contributed by atoms with Crippen LogP contribution in [0.25, 0.3) is 11.0 Å². The van der Waals surface area contributed by atoms with Gasteiger partial charge in [0.1, 0.15) is 0 Å². The van der Waals surface area contributed by atoms with Crippen LogP contribution in [0.1, 0.15) is 25.3 Å². The molecule has 4 nitrogen and oxygen atoms in total. The summed E-state index contributed by atoms with van der Waals surface area (Å²) in [7, 11) is 0. The molecule has 1 aromatic heterocycles. The topological polar surface area (TPSA) is 52.7 Å². The first-order chi connectivity index (χ1) is 8.81. The molecule has 96 valence electrons. The Morgan fingerprint density at radius 1 is 1.44 bits per heavy atom. The van der Waals surface area contributed by atoms with Gasteiger partial charge in [0.2, 0.25) is 0 Å². The Kier molecular flexibility index (Phi) is 3.30. The van der Waals surface area contributed by atoms with Gasteiger partial charge in [0.15, 0.2) is 0 Å². The summed E-state index contributed by atoms with van der Waals surface area (Å²) in [5, 5.41) is 7.08. The van der Waals surface area contributed by atoms with Crippen molar-refractivity contribution in [3.05, 3.63) is 30.1 Å². The van der Waals surface area contributed by atoms with Crippen LogP contribution >= 0.6 is 0 Å². The molecule has 18 heavy (non-hydrogen) atoms. The summed E-state index contributed by atoms with van der Waals surface area (Å²) in [5.41, 5.74) is 3.44. The second-order valence-corrected chi connectivity index (χ2v) is 5.22. The summed E-state index contributed by atoms with van der Waals surface area (Å²) in [6.45, 7) is 4.18. The van der Waals surface area contributed by atoms with Crippen LogP contribution < -0.4 is 10.6 Å². The predicted molar refractivity (Wildman–Crippen MR) is 73.4 cm³/mol. The molecule has 1 aromatic carbocycles. The molecule has 3 rings (SSSR count). The lowest BCUT2D eigenvalue weighted by molar-refractivity contribution is 0.500. The van der Waals surface area contributed by atoms with Crippen LogP contribution in [0.4, 0.5) is 0 Å². The highest BCUT2D eigenvalue weighted by Crippen LogP contribution is 2.18. The van der Waals surface area contributed by atoms with E-state index >= 15 is 0 Å². The molecule has 0 spiro atoms. The van der Waals surface area contributed by atoms with Gasteiger partial charge in [0, 0.05) is 25.2 Å². The van der Waals surface area contributed by atoms with Crippen molar-refractivity contribution in [3.8, 4) is 0 Å². The molecule has 0 aliphatic heterocycles. The number of hydrogen-bond acceptors (Lipinski definition) is 3. The van der Waals surface area contributed by atoms with Gasteiger partial charge in [-0.2, -0.15) is 0 Å². The van der Waals surface area contributed by atoms with E-state index in [4.69, 9.17) is 0 Å². The quantitative estimate of drug-likeness (QED) is 0.726. The molecule has 1 fully saturated rings. The van der Waals surface area contributed by atoms with Crippen LogP contribution in [-0.4, -0.2) is 28.6 Å². The van der Waals surface area contributed by atoms with E-state index in [0.29, 0.717) is 6.04 Å². The summed E-state index contributed by atoms with van der Waals surface area (Å²) >= 11 is 0. The fourth-order valence-electron chi connectivity index (χ4n) is 2.09. The number of nitrogens with one attached hydrogen (secondary N) is 3. The van der Waals surface area contributed by atoms with Crippen molar-refractivity contribution in [2.45, 2.75) is 38.4 Å². The second kappa shape index (κ2) is 5.08. The van der Waals surface area contributed by atoms with Crippen molar-refractivity contribution < 1.29 is 0 Å². The Labute approximate surface area is 107 Å². The molecule has 1 heterocycles. The van der Waals surface area contributed by atoms with Gasteiger partial charge in [-0.1, -0.05) is 6.07 Å². The van der Waals surface area contributed by atoms with Gasteiger partial charge in [-0.15, -0.1) is 0 Å². The largest absolute Gasteiger partial charge is 0.345 e. The molecule has 0 saturated heterocycles. The van der Waals surface area contributed by atoms with E-state index in [9.17, 15) is 0 Å². The SMILES string of the molecule is CC(CNC1CC1)NCc1ccc2nc[nH]c2c1. The van der Waals surface area contributed by atoms with Crippen LogP contribution in [0.5, 0.6) is 0 Å². The van der Waals surface area contributed by atoms with Gasteiger partial charge in [0.05, 0.1) is 17.4 Å². The Balaban J connectivity index is 1.51. The predicted octanol–water partition coefficient (Wildman–Crippen LogP) is 1.79. The molecule has 3 N–H and O–H groups in total. The van der Waals surface area contributed by atoms with Crippen molar-refractivity contribution in [2.75, 3.05) is 6.54 Å². The van der Waals surface area contributed by atoms with Crippen molar-refractivity contribution in [2.24, 2.45) is 0 Å². The van der Waals surface area contributed by atoms with E-state index in [2.05, 4.69) is 45.7 Å². The van der Waals surface area contributed by atoms with Gasteiger partial charge < -0.3 is 15.6 Å². The van der Waals surface area contributed by atoms with Gasteiger partial charge >= 0.3 is 0 Å². The molecule has 2 aromatic rings. The van der Waals surface area contributed by atoms with Gasteiger partial charge in [0.25, 0.3) is 0 Å². The molecule has 1 unspecified atom stereocenters. The highest BCUT2D eigenvalue weighted by atomic mass is 15.0. The number of aromatic amines is 1. The monoisotopic (exact) mass is 244 g/mol. The number of rotatable bonds is 6. The molecular weight excluding hydrogens is 224 g/mol. The summed E-state index contributed by atoms with van der Waals surface area (Å²) in [4.78, 5) is 7.37. The van der Waals surface area contributed by atoms with E-state index in [1.807, 2.05) is 0 Å². The highest BCUT2D eigenvalue weighted by molar-refractivity contribution is 5.74. The standard InChI is InChI=1S/C14H20N4/c1-10(7-16-12-3-4-12)15-8-11-2-5-13-14(6-11)18-9-17-13/h2,5-6,9-10,12,15-16H,3-4,7-8H2,1H3,(H,17,18). The third-order valence-electron chi connectivity index (χ3n) is 3.43. The van der Waals surface area contributed by atoms with Crippen molar-refractivity contribution in [1.29, 1.82) is 0 Å². The number of H-pyrrole nitrogens is 1. The number of aromatic nitrogens is 2. The lowest BCUT2D eigenvalue weighted by Gasteiger charge is -2.14. The van der Waals surface area contributed by atoms with E-state index < -0.39 is 0 Å². The molecule has 1 atom stereocenters. The fraction of sp³-hybridized carbons (Fsp3) is 0.500. The number of imidazole rings is 1. The Morgan fingerprint density at radius 2 is 2.33 bits per heavy atom. The molecular formula is C14H20N4. The summed E-state index contributed by atoms with van der Waals surface area (Å²) < 4.78 is 0. The highest BCUT2D eigenvalue weighted by Gasteiger charge is 2.20. The zero-order valence-electron chi connectivity index (χ0n) is 10.7. The van der Waals surface area contributed by atoms with Crippen molar-refractivity contribution in [3.63, 3.8) is 0 Å². The summed E-state index contributed by atoms with van der Waals surface area (Å²) in [6, 6.07) is 7.66. The first-order valence-electron chi connectivity index (χ1n) is 6.70. The number of fused-ring (bicyclic) bond motifs is 1. The molecule has 0 bridgehead atoms. The zero-order chi connectivity index (χ0) is 12.4. The minimum absolute atomic E-state index is 0.503. The van der Waals surface area contributed by atoms with E-state index in [1.54, 1.807) is 6.33 Å². The minimum atomic E-state index is 0.503. The lowest BCUT2D eigenvalue weighted by Crippen LogP contribution is -2.36. The number of nitrogens with zero attached hydrogens (tertiary/aromatic N) is 1. The maximum atomic E-state index is 4.22. The average Bonchev–Trinajstić information content (AvgIpc) is 3.10. The van der Waals surface area contributed by atoms with Crippen molar-refractivity contribution in [1.82, 2.24) is 20.6 Å². The van der Waals surface area contributed by atoms with Crippen LogP contribution in [-0.2, 0) is 6.54 Å². The smallest absolute Gasteiger partial charge is 0.0931 e. The third-order valence-corrected chi connectivity index (χ3v) is 3.43. The molecule has 4 heteroatoms. The maximum Gasteiger partial charge on any atom is 0.0931 e. The normalized spacial score (nSPS) is 17.2. The summed E-state index contributed by atoms with van der Waals surface area (Å²) in [6.07, 6.45) is 4.44. The van der Waals surface area contributed by atoms with E-state index in [1.165, 1.54) is 18.4 Å². The van der Waals surface area contributed by atoms with E-state index in [-0.39, 0.29) is 0 Å². The molecule has 1 saturated carbocycles. The van der Waals surface area contributed by atoms with Gasteiger partial charge in [-0.25, -0.2) is 4.98 Å². The third kappa shape index (κ3) is 2.89. The average molecular weight is 244 g/mol. The number of benzene rings is 1. The Morgan fingerprint density at radius 3 is 3.17 bits per heavy atom.